The molecule has 16 heavy (non-hydrogen) atoms. The number of hydrogen-bond acceptors (Lipinski definition) is 2. The van der Waals surface area contributed by atoms with E-state index in [0.29, 0.717) is 12.1 Å². The van der Waals surface area contributed by atoms with Crippen molar-refractivity contribution in [1.82, 2.24) is 0 Å². The van der Waals surface area contributed by atoms with E-state index in [2.05, 4.69) is 0 Å². The maximum absolute atomic E-state index is 13.0. The molecule has 0 bridgehead atoms. The zero-order valence-corrected chi connectivity index (χ0v) is 7.62. The van der Waals surface area contributed by atoms with E-state index in [-0.39, 0.29) is 6.07 Å². The molecule has 0 amide bonds. The third-order valence-corrected chi connectivity index (χ3v) is 1.85. The van der Waals surface area contributed by atoms with Gasteiger partial charge in [0, 0.05) is 5.56 Å². The fourth-order valence-electron chi connectivity index (χ4n) is 1.06. The van der Waals surface area contributed by atoms with E-state index in [0.717, 1.165) is 0 Å². The third kappa shape index (κ3) is 2.48. The lowest BCUT2D eigenvalue weighted by atomic mass is 10.1. The lowest BCUT2D eigenvalue weighted by molar-refractivity contribution is -0.147. The highest BCUT2D eigenvalue weighted by Crippen LogP contribution is 2.31. The summed E-state index contributed by atoms with van der Waals surface area (Å²) in [7, 11) is 0. The molecule has 0 aliphatic carbocycles. The van der Waals surface area contributed by atoms with Crippen molar-refractivity contribution in [1.29, 1.82) is 0 Å². The Labute approximate surface area is 86.9 Å². The van der Waals surface area contributed by atoms with Crippen LogP contribution in [0.3, 0.4) is 0 Å². The average molecular weight is 238 g/mol. The number of carbonyl (C=O) groups is 1. The number of aliphatic hydroxyl groups excluding tert-OH is 1. The van der Waals surface area contributed by atoms with Gasteiger partial charge in [0.25, 0.3) is 0 Å². The Morgan fingerprint density at radius 1 is 1.31 bits per heavy atom. The van der Waals surface area contributed by atoms with Crippen molar-refractivity contribution in [2.24, 2.45) is 0 Å². The molecule has 0 aromatic heterocycles. The Hall–Kier alpha value is -1.63. The highest BCUT2D eigenvalue weighted by atomic mass is 19.4. The molecular formula is C9H6F4O3. The van der Waals surface area contributed by atoms with Crippen molar-refractivity contribution in [2.75, 3.05) is 0 Å². The molecule has 1 aromatic rings. The number of alkyl halides is 3. The van der Waals surface area contributed by atoms with Gasteiger partial charge in [-0.3, -0.25) is 0 Å². The molecule has 1 atom stereocenters. The van der Waals surface area contributed by atoms with Crippen LogP contribution in [0.5, 0.6) is 0 Å². The van der Waals surface area contributed by atoms with E-state index >= 15 is 0 Å². The number of aliphatic carboxylic acids is 1. The van der Waals surface area contributed by atoms with Gasteiger partial charge in [-0.05, 0) is 18.2 Å². The largest absolute Gasteiger partial charge is 0.479 e. The normalized spacial score (nSPS) is 13.6. The second kappa shape index (κ2) is 4.09. The Morgan fingerprint density at radius 3 is 2.31 bits per heavy atom. The lowest BCUT2D eigenvalue weighted by Crippen LogP contribution is -2.14. The van der Waals surface area contributed by atoms with Crippen LogP contribution in [0.4, 0.5) is 17.6 Å². The molecule has 1 rings (SSSR count). The van der Waals surface area contributed by atoms with Gasteiger partial charge in [0.05, 0.1) is 5.56 Å². The van der Waals surface area contributed by atoms with Crippen molar-refractivity contribution in [3.05, 3.63) is 35.1 Å². The number of aliphatic hydroxyl groups is 1. The monoisotopic (exact) mass is 238 g/mol. The number of hydrogen-bond donors (Lipinski definition) is 2. The minimum atomic E-state index is -4.72. The van der Waals surface area contributed by atoms with Crippen molar-refractivity contribution in [3.63, 3.8) is 0 Å². The zero-order valence-electron chi connectivity index (χ0n) is 7.62. The SMILES string of the molecule is O=C(O)[C@H](O)c1cc(C(F)(F)F)ccc1F. The van der Waals surface area contributed by atoms with Gasteiger partial charge < -0.3 is 10.2 Å². The molecule has 0 radical (unpaired) electrons. The van der Waals surface area contributed by atoms with E-state index in [1.807, 2.05) is 0 Å². The third-order valence-electron chi connectivity index (χ3n) is 1.85. The standard InChI is InChI=1S/C9H6F4O3/c10-6-2-1-4(9(11,12)13)3-5(6)7(14)8(15)16/h1-3,7,14H,(H,15,16)/t7-/m1/s1. The molecule has 0 saturated carbocycles. The van der Waals surface area contributed by atoms with Crippen molar-refractivity contribution in [2.45, 2.75) is 12.3 Å². The summed E-state index contributed by atoms with van der Waals surface area (Å²) in [5, 5.41) is 17.3. The van der Waals surface area contributed by atoms with Crippen LogP contribution in [0.15, 0.2) is 18.2 Å². The summed E-state index contributed by atoms with van der Waals surface area (Å²) in [5.74, 6) is -3.03. The molecule has 7 heteroatoms. The molecule has 3 nitrogen and oxygen atoms in total. The summed E-state index contributed by atoms with van der Waals surface area (Å²) in [6.45, 7) is 0. The van der Waals surface area contributed by atoms with Gasteiger partial charge in [-0.2, -0.15) is 13.2 Å². The Bertz CT molecular complexity index is 414. The van der Waals surface area contributed by atoms with Crippen molar-refractivity contribution < 1.29 is 32.6 Å². The molecule has 0 saturated heterocycles. The summed E-state index contributed by atoms with van der Waals surface area (Å²) in [5.41, 5.74) is -2.13. The Morgan fingerprint density at radius 2 is 1.88 bits per heavy atom. The summed E-state index contributed by atoms with van der Waals surface area (Å²) in [4.78, 5) is 10.3. The van der Waals surface area contributed by atoms with Crippen LogP contribution in [0.25, 0.3) is 0 Å². The predicted molar refractivity (Wildman–Crippen MR) is 44.0 cm³/mol. The Kier molecular flexibility index (Phi) is 3.18. The second-order valence-corrected chi connectivity index (χ2v) is 2.97. The van der Waals surface area contributed by atoms with Gasteiger partial charge in [-0.25, -0.2) is 9.18 Å². The van der Waals surface area contributed by atoms with E-state index in [9.17, 15) is 22.4 Å². The first-order valence-corrected chi connectivity index (χ1v) is 4.01. The van der Waals surface area contributed by atoms with Gasteiger partial charge in [0.1, 0.15) is 5.82 Å². The van der Waals surface area contributed by atoms with Crippen LogP contribution in [-0.4, -0.2) is 16.2 Å². The van der Waals surface area contributed by atoms with E-state index in [1.54, 1.807) is 0 Å². The predicted octanol–water partition coefficient (Wildman–Crippen LogP) is 1.96. The van der Waals surface area contributed by atoms with Gasteiger partial charge >= 0.3 is 12.1 Å². The molecule has 0 aliphatic heterocycles. The highest BCUT2D eigenvalue weighted by Gasteiger charge is 2.32. The fraction of sp³-hybridized carbons (Fsp3) is 0.222. The molecule has 0 heterocycles. The van der Waals surface area contributed by atoms with E-state index in [4.69, 9.17) is 10.2 Å². The molecule has 1 aromatic carbocycles. The number of rotatable bonds is 2. The zero-order chi connectivity index (χ0) is 12.5. The number of halogens is 4. The van der Waals surface area contributed by atoms with Crippen LogP contribution in [0.2, 0.25) is 0 Å². The van der Waals surface area contributed by atoms with Gasteiger partial charge in [-0.1, -0.05) is 0 Å². The summed E-state index contributed by atoms with van der Waals surface area (Å²) in [6, 6.07) is 1.20. The molecule has 0 aliphatic rings. The van der Waals surface area contributed by atoms with Crippen LogP contribution in [0.1, 0.15) is 17.2 Å². The first kappa shape index (κ1) is 12.4. The number of benzene rings is 1. The Balaban J connectivity index is 3.24. The lowest BCUT2D eigenvalue weighted by Gasteiger charge is -2.11. The van der Waals surface area contributed by atoms with E-state index < -0.39 is 35.2 Å². The van der Waals surface area contributed by atoms with Gasteiger partial charge in [0.15, 0.2) is 6.10 Å². The number of carboxylic acids is 1. The summed E-state index contributed by atoms with van der Waals surface area (Å²) in [6.07, 6.45) is -7.04. The topological polar surface area (TPSA) is 57.5 Å². The molecule has 88 valence electrons. The van der Waals surface area contributed by atoms with E-state index in [1.165, 1.54) is 0 Å². The van der Waals surface area contributed by atoms with Crippen LogP contribution in [0, 0.1) is 5.82 Å². The van der Waals surface area contributed by atoms with Gasteiger partial charge in [-0.15, -0.1) is 0 Å². The maximum atomic E-state index is 13.0. The summed E-state index contributed by atoms with van der Waals surface area (Å²) >= 11 is 0. The number of carboxylic acid groups (broad SMARTS) is 1. The minimum absolute atomic E-state index is 0.272. The molecule has 0 unspecified atom stereocenters. The van der Waals surface area contributed by atoms with Crippen LogP contribution < -0.4 is 0 Å². The fourth-order valence-corrected chi connectivity index (χ4v) is 1.06. The quantitative estimate of drug-likeness (QED) is 0.774. The summed E-state index contributed by atoms with van der Waals surface area (Å²) < 4.78 is 49.6. The van der Waals surface area contributed by atoms with Crippen LogP contribution >= 0.6 is 0 Å². The van der Waals surface area contributed by atoms with Crippen molar-refractivity contribution >= 4 is 5.97 Å². The highest BCUT2D eigenvalue weighted by molar-refractivity contribution is 5.74. The molecule has 0 spiro atoms. The first-order valence-electron chi connectivity index (χ1n) is 4.01. The minimum Gasteiger partial charge on any atom is -0.479 e. The molecule has 0 fully saturated rings. The average Bonchev–Trinajstić information content (AvgIpc) is 2.15. The van der Waals surface area contributed by atoms with Gasteiger partial charge in [0.2, 0.25) is 0 Å². The first-order chi connectivity index (χ1) is 7.23. The molecule has 2 N–H and O–H groups in total. The van der Waals surface area contributed by atoms with Crippen LogP contribution in [-0.2, 0) is 11.0 Å². The second-order valence-electron chi connectivity index (χ2n) is 2.97. The molecular weight excluding hydrogens is 232 g/mol. The maximum Gasteiger partial charge on any atom is 0.416 e. The van der Waals surface area contributed by atoms with Crippen molar-refractivity contribution in [3.8, 4) is 0 Å². The smallest absolute Gasteiger partial charge is 0.416 e.